The summed E-state index contributed by atoms with van der Waals surface area (Å²) < 4.78 is 5.35. The molecule has 4 heteroatoms. The van der Waals surface area contributed by atoms with Crippen molar-refractivity contribution in [3.63, 3.8) is 0 Å². The lowest BCUT2D eigenvalue weighted by Gasteiger charge is -2.29. The number of hydrogen-bond acceptors (Lipinski definition) is 4. The van der Waals surface area contributed by atoms with Crippen molar-refractivity contribution in [3.8, 4) is 0 Å². The molecule has 4 unspecified atom stereocenters. The van der Waals surface area contributed by atoms with E-state index in [1.165, 1.54) is 25.7 Å². The van der Waals surface area contributed by atoms with Crippen molar-refractivity contribution in [2.24, 2.45) is 17.6 Å². The van der Waals surface area contributed by atoms with Gasteiger partial charge in [-0.15, -0.1) is 0 Å². The first-order chi connectivity index (χ1) is 10.7. The maximum atomic E-state index is 12.1. The molecular formula is C18H26N2O2. The van der Waals surface area contributed by atoms with E-state index < -0.39 is 6.04 Å². The van der Waals surface area contributed by atoms with Gasteiger partial charge in [-0.1, -0.05) is 43.2 Å². The summed E-state index contributed by atoms with van der Waals surface area (Å²) in [6.07, 6.45) is 5.92. The van der Waals surface area contributed by atoms with E-state index in [1.807, 2.05) is 30.3 Å². The van der Waals surface area contributed by atoms with Crippen LogP contribution in [-0.4, -0.2) is 24.6 Å². The molecule has 3 N–H and O–H groups in total. The van der Waals surface area contributed by atoms with Gasteiger partial charge in [-0.25, -0.2) is 0 Å². The van der Waals surface area contributed by atoms with Crippen molar-refractivity contribution >= 4 is 5.97 Å². The van der Waals surface area contributed by atoms with Gasteiger partial charge >= 0.3 is 5.97 Å². The van der Waals surface area contributed by atoms with Gasteiger partial charge < -0.3 is 15.8 Å². The molecule has 0 spiro atoms. The van der Waals surface area contributed by atoms with E-state index in [-0.39, 0.29) is 5.97 Å². The summed E-state index contributed by atoms with van der Waals surface area (Å²) in [6.45, 7) is 1.30. The topological polar surface area (TPSA) is 64.3 Å². The maximum absolute atomic E-state index is 12.1. The number of carbonyl (C=O) groups is 1. The molecule has 1 aromatic rings. The molecule has 2 fully saturated rings. The third-order valence-electron chi connectivity index (χ3n) is 5.15. The van der Waals surface area contributed by atoms with Crippen LogP contribution in [0.5, 0.6) is 0 Å². The molecule has 120 valence electrons. The summed E-state index contributed by atoms with van der Waals surface area (Å²) in [5.41, 5.74) is 7.08. The third kappa shape index (κ3) is 3.68. The van der Waals surface area contributed by atoms with Crippen molar-refractivity contribution < 1.29 is 9.53 Å². The lowest BCUT2D eigenvalue weighted by molar-refractivity contribution is -0.147. The number of ether oxygens (including phenoxy) is 1. The van der Waals surface area contributed by atoms with Gasteiger partial charge in [-0.2, -0.15) is 0 Å². The average Bonchev–Trinajstić information content (AvgIpc) is 2.97. The molecule has 1 aromatic carbocycles. The predicted molar refractivity (Wildman–Crippen MR) is 86.1 cm³/mol. The van der Waals surface area contributed by atoms with Crippen LogP contribution in [0.25, 0.3) is 0 Å². The first kappa shape index (κ1) is 15.5. The number of carbonyl (C=O) groups excluding carboxylic acids is 1. The second-order valence-corrected chi connectivity index (χ2v) is 6.66. The van der Waals surface area contributed by atoms with E-state index in [2.05, 4.69) is 5.32 Å². The molecule has 22 heavy (non-hydrogen) atoms. The lowest BCUT2D eigenvalue weighted by atomic mass is 9.78. The molecule has 1 aliphatic heterocycles. The Morgan fingerprint density at radius 2 is 2.05 bits per heavy atom. The Morgan fingerprint density at radius 3 is 2.86 bits per heavy atom. The summed E-state index contributed by atoms with van der Waals surface area (Å²) in [7, 11) is 0. The summed E-state index contributed by atoms with van der Waals surface area (Å²) in [6, 6.07) is 9.87. The van der Waals surface area contributed by atoms with Gasteiger partial charge in [0.2, 0.25) is 0 Å². The Morgan fingerprint density at radius 1 is 1.27 bits per heavy atom. The van der Waals surface area contributed by atoms with Crippen molar-refractivity contribution in [2.75, 3.05) is 6.54 Å². The summed E-state index contributed by atoms with van der Waals surface area (Å²) in [5, 5.41) is 3.60. The van der Waals surface area contributed by atoms with Crippen molar-refractivity contribution in [1.82, 2.24) is 5.32 Å². The molecule has 1 heterocycles. The first-order valence-electron chi connectivity index (χ1n) is 8.43. The number of benzene rings is 1. The molecule has 0 amide bonds. The molecule has 1 saturated carbocycles. The van der Waals surface area contributed by atoms with Crippen LogP contribution in [0.3, 0.4) is 0 Å². The van der Waals surface area contributed by atoms with Crippen LogP contribution < -0.4 is 11.1 Å². The van der Waals surface area contributed by atoms with E-state index in [0.29, 0.717) is 24.5 Å². The smallest absolute Gasteiger partial charge is 0.323 e. The normalized spacial score (nSPS) is 28.9. The highest BCUT2D eigenvalue weighted by Gasteiger charge is 2.38. The van der Waals surface area contributed by atoms with E-state index in [9.17, 15) is 4.79 Å². The van der Waals surface area contributed by atoms with Gasteiger partial charge in [0.25, 0.3) is 0 Å². The maximum Gasteiger partial charge on any atom is 0.323 e. The standard InChI is InChI=1S/C18H26N2O2/c19-16(18(21)22-12-13-6-2-1-3-7-13)10-14-11-20-17-9-5-4-8-15(14)17/h1-3,6-7,14-17,20H,4-5,8-12,19H2. The molecule has 3 rings (SSSR count). The summed E-state index contributed by atoms with van der Waals surface area (Å²) in [4.78, 5) is 12.1. The highest BCUT2D eigenvalue weighted by molar-refractivity contribution is 5.75. The lowest BCUT2D eigenvalue weighted by Crippen LogP contribution is -2.36. The second-order valence-electron chi connectivity index (χ2n) is 6.66. The van der Waals surface area contributed by atoms with Crippen molar-refractivity contribution in [3.05, 3.63) is 35.9 Å². The number of hydrogen-bond donors (Lipinski definition) is 2. The third-order valence-corrected chi connectivity index (χ3v) is 5.15. The minimum absolute atomic E-state index is 0.275. The van der Waals surface area contributed by atoms with E-state index >= 15 is 0 Å². The largest absolute Gasteiger partial charge is 0.460 e. The second kappa shape index (κ2) is 7.25. The van der Waals surface area contributed by atoms with Crippen LogP contribution >= 0.6 is 0 Å². The zero-order valence-corrected chi connectivity index (χ0v) is 13.0. The Balaban J connectivity index is 1.47. The van der Waals surface area contributed by atoms with Gasteiger partial charge in [0.1, 0.15) is 12.6 Å². The fraction of sp³-hybridized carbons (Fsp3) is 0.611. The quantitative estimate of drug-likeness (QED) is 0.819. The summed E-state index contributed by atoms with van der Waals surface area (Å²) in [5.74, 6) is 0.939. The average molecular weight is 302 g/mol. The number of nitrogens with one attached hydrogen (secondary N) is 1. The van der Waals surface area contributed by atoms with Gasteiger partial charge in [0.05, 0.1) is 0 Å². The van der Waals surface area contributed by atoms with Crippen LogP contribution in [0.4, 0.5) is 0 Å². The number of fused-ring (bicyclic) bond motifs is 1. The Kier molecular flexibility index (Phi) is 5.11. The van der Waals surface area contributed by atoms with Gasteiger partial charge in [0.15, 0.2) is 0 Å². The van der Waals surface area contributed by atoms with Gasteiger partial charge in [-0.05, 0) is 43.2 Å². The van der Waals surface area contributed by atoms with Crippen LogP contribution in [0.1, 0.15) is 37.7 Å². The molecule has 1 saturated heterocycles. The van der Waals surface area contributed by atoms with Crippen LogP contribution in [0.15, 0.2) is 30.3 Å². The zero-order valence-electron chi connectivity index (χ0n) is 13.0. The molecule has 1 aliphatic carbocycles. The van der Waals surface area contributed by atoms with Crippen LogP contribution in [-0.2, 0) is 16.1 Å². The molecule has 4 atom stereocenters. The van der Waals surface area contributed by atoms with Gasteiger partial charge in [0, 0.05) is 6.04 Å². The number of esters is 1. The fourth-order valence-electron chi connectivity index (χ4n) is 3.95. The molecule has 0 aromatic heterocycles. The molecular weight excluding hydrogens is 276 g/mol. The first-order valence-corrected chi connectivity index (χ1v) is 8.43. The van der Waals surface area contributed by atoms with Crippen molar-refractivity contribution in [1.29, 1.82) is 0 Å². The minimum Gasteiger partial charge on any atom is -0.460 e. The van der Waals surface area contributed by atoms with Gasteiger partial charge in [-0.3, -0.25) is 4.79 Å². The van der Waals surface area contributed by atoms with Crippen molar-refractivity contribution in [2.45, 2.75) is 50.8 Å². The number of nitrogens with two attached hydrogens (primary N) is 1. The monoisotopic (exact) mass is 302 g/mol. The molecule has 0 bridgehead atoms. The fourth-order valence-corrected chi connectivity index (χ4v) is 3.95. The SMILES string of the molecule is NC(CC1CNC2CCCCC12)C(=O)OCc1ccccc1. The zero-order chi connectivity index (χ0) is 15.4. The molecule has 4 nitrogen and oxygen atoms in total. The Hall–Kier alpha value is -1.39. The molecule has 2 aliphatic rings. The van der Waals surface area contributed by atoms with Crippen LogP contribution in [0.2, 0.25) is 0 Å². The molecule has 0 radical (unpaired) electrons. The minimum atomic E-state index is -0.504. The number of rotatable bonds is 5. The Labute approximate surface area is 132 Å². The highest BCUT2D eigenvalue weighted by atomic mass is 16.5. The van der Waals surface area contributed by atoms with E-state index in [4.69, 9.17) is 10.5 Å². The summed E-state index contributed by atoms with van der Waals surface area (Å²) >= 11 is 0. The van der Waals surface area contributed by atoms with Crippen LogP contribution in [0, 0.1) is 11.8 Å². The highest BCUT2D eigenvalue weighted by Crippen LogP contribution is 2.36. The van der Waals surface area contributed by atoms with E-state index in [0.717, 1.165) is 18.5 Å². The van der Waals surface area contributed by atoms with E-state index in [1.54, 1.807) is 0 Å². The predicted octanol–water partition coefficient (Wildman–Crippen LogP) is 2.23. The Bertz CT molecular complexity index is 491.